The van der Waals surface area contributed by atoms with Crippen LogP contribution in [-0.2, 0) is 0 Å². The van der Waals surface area contributed by atoms with E-state index in [9.17, 15) is 0 Å². The van der Waals surface area contributed by atoms with Crippen LogP contribution in [0.2, 0.25) is 0 Å². The molecule has 0 fully saturated rings. The van der Waals surface area contributed by atoms with Gasteiger partial charge in [0.25, 0.3) is 0 Å². The fourth-order valence-electron chi connectivity index (χ4n) is 2.47. The van der Waals surface area contributed by atoms with Gasteiger partial charge in [-0.1, -0.05) is 53.6 Å². The minimum Gasteiger partial charge on any atom is -0.496 e. The van der Waals surface area contributed by atoms with Crippen molar-refractivity contribution in [2.24, 2.45) is 0 Å². The Labute approximate surface area is 155 Å². The van der Waals surface area contributed by atoms with E-state index >= 15 is 0 Å². The standard InChI is InChI=1S/C20H29NO2P2/c1-20(2,3)21(14-24-18-12-8-6-10-16(18)22-4)15-25-19-13-9-7-11-17(19)23-5/h6-13,24-25H,14-15H2,1-5H3. The molecule has 5 heteroatoms. The van der Waals surface area contributed by atoms with Crippen molar-refractivity contribution in [1.29, 1.82) is 0 Å². The lowest BCUT2D eigenvalue weighted by molar-refractivity contribution is 0.197. The Bertz CT molecular complexity index is 619. The lowest BCUT2D eigenvalue weighted by Gasteiger charge is -2.35. The molecular formula is C20H29NO2P2. The molecule has 0 heterocycles. The molecule has 0 saturated heterocycles. The van der Waals surface area contributed by atoms with Crippen molar-refractivity contribution >= 4 is 27.8 Å². The SMILES string of the molecule is COc1ccccc1PCN(CPc1ccccc1OC)C(C)(C)C. The van der Waals surface area contributed by atoms with E-state index in [2.05, 4.69) is 49.9 Å². The molecule has 0 spiro atoms. The molecule has 0 radical (unpaired) electrons. The molecule has 0 saturated carbocycles. The molecule has 0 aromatic heterocycles. The Morgan fingerprint density at radius 2 is 1.16 bits per heavy atom. The number of ether oxygens (including phenoxy) is 2. The minimum atomic E-state index is 0.129. The third-order valence-corrected chi connectivity index (χ3v) is 6.75. The number of methoxy groups -OCH3 is 2. The van der Waals surface area contributed by atoms with Gasteiger partial charge in [0.1, 0.15) is 11.5 Å². The third-order valence-electron chi connectivity index (χ3n) is 4.08. The highest BCUT2D eigenvalue weighted by molar-refractivity contribution is 7.48. The third kappa shape index (κ3) is 5.96. The summed E-state index contributed by atoms with van der Waals surface area (Å²) < 4.78 is 11.0. The van der Waals surface area contributed by atoms with Crippen LogP contribution in [0.15, 0.2) is 48.5 Å². The van der Waals surface area contributed by atoms with Gasteiger partial charge in [-0.25, -0.2) is 0 Å². The lowest BCUT2D eigenvalue weighted by atomic mass is 10.1. The van der Waals surface area contributed by atoms with E-state index in [1.165, 1.54) is 10.6 Å². The molecule has 2 atom stereocenters. The van der Waals surface area contributed by atoms with Crippen molar-refractivity contribution in [3.8, 4) is 11.5 Å². The van der Waals surface area contributed by atoms with E-state index in [1.807, 2.05) is 24.3 Å². The average Bonchev–Trinajstić information content (AvgIpc) is 2.61. The van der Waals surface area contributed by atoms with Crippen LogP contribution in [0.4, 0.5) is 0 Å². The largest absolute Gasteiger partial charge is 0.496 e. The quantitative estimate of drug-likeness (QED) is 0.649. The van der Waals surface area contributed by atoms with E-state index in [1.54, 1.807) is 14.2 Å². The van der Waals surface area contributed by atoms with Gasteiger partial charge in [-0.05, 0) is 32.9 Å². The summed E-state index contributed by atoms with van der Waals surface area (Å²) in [5.41, 5.74) is 0.129. The summed E-state index contributed by atoms with van der Waals surface area (Å²) >= 11 is 0. The first-order valence-corrected chi connectivity index (χ1v) is 10.9. The van der Waals surface area contributed by atoms with E-state index in [0.29, 0.717) is 17.2 Å². The molecule has 0 aliphatic carbocycles. The summed E-state index contributed by atoms with van der Waals surface area (Å²) in [5, 5.41) is 2.58. The average molecular weight is 377 g/mol. The Morgan fingerprint density at radius 1 is 0.760 bits per heavy atom. The van der Waals surface area contributed by atoms with Crippen molar-refractivity contribution in [3.63, 3.8) is 0 Å². The number of para-hydroxylation sites is 2. The van der Waals surface area contributed by atoms with Gasteiger partial charge in [0.15, 0.2) is 0 Å². The van der Waals surface area contributed by atoms with E-state index in [-0.39, 0.29) is 5.54 Å². The topological polar surface area (TPSA) is 21.7 Å². The smallest absolute Gasteiger partial charge is 0.126 e. The second kappa shape index (κ2) is 9.53. The highest BCUT2D eigenvalue weighted by Crippen LogP contribution is 2.28. The van der Waals surface area contributed by atoms with Crippen LogP contribution in [0.3, 0.4) is 0 Å². The molecule has 0 N–H and O–H groups in total. The van der Waals surface area contributed by atoms with Crippen LogP contribution in [0, 0.1) is 0 Å². The first kappa shape index (κ1) is 20.2. The van der Waals surface area contributed by atoms with Gasteiger partial charge in [-0.15, -0.1) is 0 Å². The molecule has 2 aromatic rings. The Morgan fingerprint density at radius 3 is 1.52 bits per heavy atom. The molecule has 136 valence electrons. The van der Waals surface area contributed by atoms with Crippen LogP contribution in [0.5, 0.6) is 11.5 Å². The molecule has 0 bridgehead atoms. The molecule has 2 unspecified atom stereocenters. The maximum atomic E-state index is 5.50. The second-order valence-electron chi connectivity index (χ2n) is 6.78. The predicted molar refractivity (Wildman–Crippen MR) is 113 cm³/mol. The van der Waals surface area contributed by atoms with Crippen LogP contribution in [0.25, 0.3) is 0 Å². The fourth-order valence-corrected chi connectivity index (χ4v) is 5.74. The molecule has 0 amide bonds. The van der Waals surface area contributed by atoms with Gasteiger partial charge in [-0.2, -0.15) is 0 Å². The molecular weight excluding hydrogens is 348 g/mol. The van der Waals surface area contributed by atoms with Gasteiger partial charge < -0.3 is 9.47 Å². The summed E-state index contributed by atoms with van der Waals surface area (Å²) in [7, 11) is 4.89. The maximum Gasteiger partial charge on any atom is 0.126 e. The van der Waals surface area contributed by atoms with Gasteiger partial charge in [-0.3, -0.25) is 4.90 Å². The van der Waals surface area contributed by atoms with Gasteiger partial charge in [0.2, 0.25) is 0 Å². The van der Waals surface area contributed by atoms with E-state index < -0.39 is 0 Å². The van der Waals surface area contributed by atoms with Crippen molar-refractivity contribution in [2.45, 2.75) is 26.3 Å². The zero-order chi connectivity index (χ0) is 18.3. The zero-order valence-corrected chi connectivity index (χ0v) is 17.8. The van der Waals surface area contributed by atoms with E-state index in [4.69, 9.17) is 9.47 Å². The molecule has 2 rings (SSSR count). The summed E-state index contributed by atoms with van der Waals surface area (Å²) in [6.45, 7) is 6.85. The van der Waals surface area contributed by atoms with E-state index in [0.717, 1.165) is 24.1 Å². The first-order valence-electron chi connectivity index (χ1n) is 8.44. The number of benzene rings is 2. The highest BCUT2D eigenvalue weighted by Gasteiger charge is 2.21. The minimum absolute atomic E-state index is 0.129. The number of nitrogens with zero attached hydrogens (tertiary/aromatic N) is 1. The Balaban J connectivity index is 2.04. The number of hydrogen-bond acceptors (Lipinski definition) is 3. The first-order chi connectivity index (χ1) is 12.0. The van der Waals surface area contributed by atoms with Crippen molar-refractivity contribution < 1.29 is 9.47 Å². The Hall–Kier alpha value is -1.14. The Kier molecular flexibility index (Phi) is 7.69. The highest BCUT2D eigenvalue weighted by atomic mass is 31.1. The monoisotopic (exact) mass is 377 g/mol. The van der Waals surface area contributed by atoms with Crippen LogP contribution < -0.4 is 20.1 Å². The van der Waals surface area contributed by atoms with Gasteiger partial charge >= 0.3 is 0 Å². The molecule has 0 aliphatic heterocycles. The molecule has 25 heavy (non-hydrogen) atoms. The van der Waals surface area contributed by atoms with Crippen LogP contribution >= 0.6 is 17.2 Å². The fraction of sp³-hybridized carbons (Fsp3) is 0.400. The van der Waals surface area contributed by atoms with Crippen molar-refractivity contribution in [2.75, 3.05) is 26.8 Å². The predicted octanol–water partition coefficient (Wildman–Crippen LogP) is 4.03. The molecule has 3 nitrogen and oxygen atoms in total. The van der Waals surface area contributed by atoms with Gasteiger partial charge in [0, 0.05) is 28.7 Å². The number of rotatable bonds is 8. The van der Waals surface area contributed by atoms with Crippen molar-refractivity contribution in [1.82, 2.24) is 4.90 Å². The lowest BCUT2D eigenvalue weighted by Crippen LogP contribution is -2.41. The number of hydrogen-bond donors (Lipinski definition) is 0. The summed E-state index contributed by atoms with van der Waals surface area (Å²) in [5.74, 6) is 1.98. The molecule has 2 aromatic carbocycles. The summed E-state index contributed by atoms with van der Waals surface area (Å²) in [6.07, 6.45) is 2.07. The maximum absolute atomic E-state index is 5.50. The van der Waals surface area contributed by atoms with Gasteiger partial charge in [0.05, 0.1) is 14.2 Å². The molecule has 0 aliphatic rings. The summed E-state index contributed by atoms with van der Waals surface area (Å²) in [4.78, 5) is 2.56. The normalized spacial score (nSPS) is 12.6. The van der Waals surface area contributed by atoms with Crippen molar-refractivity contribution in [3.05, 3.63) is 48.5 Å². The summed E-state index contributed by atoms with van der Waals surface area (Å²) in [6, 6.07) is 16.6. The zero-order valence-electron chi connectivity index (χ0n) is 15.8. The van der Waals surface area contributed by atoms with Crippen LogP contribution in [0.1, 0.15) is 20.8 Å². The second-order valence-corrected chi connectivity index (χ2v) is 9.20. The van der Waals surface area contributed by atoms with Crippen LogP contribution in [-0.4, -0.2) is 37.2 Å².